The molecule has 1 aromatic rings. The van der Waals surface area contributed by atoms with E-state index in [4.69, 9.17) is 0 Å². The van der Waals surface area contributed by atoms with E-state index in [-0.39, 0.29) is 5.69 Å². The number of pyridine rings is 1. The largest absolute Gasteiger partial charge is 0.363 e. The van der Waals surface area contributed by atoms with Crippen molar-refractivity contribution in [2.45, 2.75) is 18.1 Å². The molecule has 5 nitrogen and oxygen atoms in total. The predicted molar refractivity (Wildman–Crippen MR) is 64.9 cm³/mol. The van der Waals surface area contributed by atoms with Crippen LogP contribution in [0.3, 0.4) is 0 Å². The average molecular weight is 239 g/mol. The minimum Gasteiger partial charge on any atom is -0.363 e. The van der Waals surface area contributed by atoms with Gasteiger partial charge in [-0.05, 0) is 24.7 Å². The first kappa shape index (κ1) is 11.2. The maximum absolute atomic E-state index is 10.7. The van der Waals surface area contributed by atoms with Gasteiger partial charge in [0.25, 0.3) is 0 Å². The lowest BCUT2D eigenvalue weighted by atomic mass is 10.2. The highest BCUT2D eigenvalue weighted by atomic mass is 32.2. The highest BCUT2D eigenvalue weighted by Crippen LogP contribution is 2.27. The van der Waals surface area contributed by atoms with Crippen molar-refractivity contribution in [3.05, 3.63) is 28.4 Å². The lowest BCUT2D eigenvalue weighted by Crippen LogP contribution is -2.15. The molecule has 1 aliphatic rings. The summed E-state index contributed by atoms with van der Waals surface area (Å²) < 4.78 is 0. The smallest absolute Gasteiger partial charge is 0.311 e. The Bertz CT molecular complexity index is 380. The molecule has 2 heterocycles. The standard InChI is InChI=1S/C10H13N3O2S/c14-13(15)9-4-1-5-11-10(9)12-7-8-3-2-6-16-8/h1,4-5,8H,2-3,6-7H2,(H,11,12). The molecular weight excluding hydrogens is 226 g/mol. The third-order valence-corrected chi connectivity index (χ3v) is 3.90. The zero-order valence-electron chi connectivity index (χ0n) is 8.76. The van der Waals surface area contributed by atoms with Crippen LogP contribution in [0, 0.1) is 10.1 Å². The number of hydrogen-bond donors (Lipinski definition) is 1. The molecular formula is C10H13N3O2S. The number of nitrogens with one attached hydrogen (secondary N) is 1. The fourth-order valence-corrected chi connectivity index (χ4v) is 2.90. The van der Waals surface area contributed by atoms with Gasteiger partial charge in [-0.25, -0.2) is 4.98 Å². The minimum absolute atomic E-state index is 0.0468. The zero-order chi connectivity index (χ0) is 11.4. The molecule has 1 unspecified atom stereocenters. The molecule has 1 N–H and O–H groups in total. The van der Waals surface area contributed by atoms with Crippen LogP contribution in [0.1, 0.15) is 12.8 Å². The van der Waals surface area contributed by atoms with Gasteiger partial charge in [0.2, 0.25) is 5.82 Å². The third-order valence-electron chi connectivity index (χ3n) is 2.50. The first-order valence-corrected chi connectivity index (χ1v) is 6.27. The fourth-order valence-electron chi connectivity index (χ4n) is 1.70. The van der Waals surface area contributed by atoms with Crippen molar-refractivity contribution >= 4 is 23.3 Å². The molecule has 0 amide bonds. The lowest BCUT2D eigenvalue weighted by Gasteiger charge is -2.10. The minimum atomic E-state index is -0.406. The Morgan fingerprint density at radius 3 is 3.25 bits per heavy atom. The number of hydrogen-bond acceptors (Lipinski definition) is 5. The molecule has 0 saturated carbocycles. The van der Waals surface area contributed by atoms with E-state index < -0.39 is 4.92 Å². The fraction of sp³-hybridized carbons (Fsp3) is 0.500. The van der Waals surface area contributed by atoms with Crippen LogP contribution in [-0.2, 0) is 0 Å². The Balaban J connectivity index is 2.00. The van der Waals surface area contributed by atoms with E-state index in [1.54, 1.807) is 12.3 Å². The van der Waals surface area contributed by atoms with Gasteiger partial charge in [0.1, 0.15) is 0 Å². The topological polar surface area (TPSA) is 68.1 Å². The van der Waals surface area contributed by atoms with Crippen LogP contribution in [0.5, 0.6) is 0 Å². The number of anilines is 1. The maximum Gasteiger partial charge on any atom is 0.311 e. The van der Waals surface area contributed by atoms with Crippen LogP contribution < -0.4 is 5.32 Å². The summed E-state index contributed by atoms with van der Waals surface area (Å²) in [5.41, 5.74) is 0.0468. The molecule has 1 aliphatic heterocycles. The number of nitro groups is 1. The second-order valence-corrected chi connectivity index (χ2v) is 5.05. The number of thioether (sulfide) groups is 1. The van der Waals surface area contributed by atoms with E-state index in [0.29, 0.717) is 11.1 Å². The van der Waals surface area contributed by atoms with Crippen molar-refractivity contribution in [1.29, 1.82) is 0 Å². The van der Waals surface area contributed by atoms with E-state index in [1.165, 1.54) is 24.7 Å². The number of nitrogens with zero attached hydrogens (tertiary/aromatic N) is 2. The van der Waals surface area contributed by atoms with Gasteiger partial charge >= 0.3 is 5.69 Å². The van der Waals surface area contributed by atoms with Crippen LogP contribution in [0.4, 0.5) is 11.5 Å². The molecule has 6 heteroatoms. The second-order valence-electron chi connectivity index (χ2n) is 3.64. The van der Waals surface area contributed by atoms with Crippen LogP contribution >= 0.6 is 11.8 Å². The summed E-state index contributed by atoms with van der Waals surface area (Å²) in [6, 6.07) is 3.05. The van der Waals surface area contributed by atoms with Gasteiger partial charge in [0.15, 0.2) is 0 Å². The van der Waals surface area contributed by atoms with Crippen molar-refractivity contribution in [3.8, 4) is 0 Å². The van der Waals surface area contributed by atoms with Gasteiger partial charge in [0.05, 0.1) is 4.92 Å². The zero-order valence-corrected chi connectivity index (χ0v) is 9.57. The summed E-state index contributed by atoms with van der Waals surface area (Å²) in [5.74, 6) is 1.57. The Morgan fingerprint density at radius 2 is 2.56 bits per heavy atom. The predicted octanol–water partition coefficient (Wildman–Crippen LogP) is 2.30. The van der Waals surface area contributed by atoms with Gasteiger partial charge in [-0.2, -0.15) is 11.8 Å². The van der Waals surface area contributed by atoms with Crippen LogP contribution in [0.15, 0.2) is 18.3 Å². The molecule has 0 bridgehead atoms. The molecule has 16 heavy (non-hydrogen) atoms. The van der Waals surface area contributed by atoms with Gasteiger partial charge in [0, 0.05) is 24.1 Å². The summed E-state index contributed by atoms with van der Waals surface area (Å²) in [6.07, 6.45) is 3.98. The third kappa shape index (κ3) is 2.63. The van der Waals surface area contributed by atoms with Crippen LogP contribution in [0.25, 0.3) is 0 Å². The van der Waals surface area contributed by atoms with Gasteiger partial charge < -0.3 is 5.32 Å². The van der Waals surface area contributed by atoms with Crippen molar-refractivity contribution in [3.63, 3.8) is 0 Å². The SMILES string of the molecule is O=[N+]([O-])c1cccnc1NCC1CCCS1. The summed E-state index contributed by atoms with van der Waals surface area (Å²) in [6.45, 7) is 0.752. The Kier molecular flexibility index (Phi) is 3.61. The van der Waals surface area contributed by atoms with E-state index in [2.05, 4.69) is 10.3 Å². The van der Waals surface area contributed by atoms with Crippen LogP contribution in [-0.4, -0.2) is 27.5 Å². The lowest BCUT2D eigenvalue weighted by molar-refractivity contribution is -0.384. The number of rotatable bonds is 4. The summed E-state index contributed by atoms with van der Waals surface area (Å²) in [5, 5.41) is 14.4. The molecule has 0 aliphatic carbocycles. The first-order valence-electron chi connectivity index (χ1n) is 5.22. The Hall–Kier alpha value is -1.30. The second kappa shape index (κ2) is 5.16. The molecule has 1 fully saturated rings. The van der Waals surface area contributed by atoms with E-state index in [0.717, 1.165) is 6.54 Å². The molecule has 0 aromatic carbocycles. The van der Waals surface area contributed by atoms with Gasteiger partial charge in [-0.3, -0.25) is 10.1 Å². The maximum atomic E-state index is 10.7. The number of aromatic nitrogens is 1. The first-order chi connectivity index (χ1) is 7.77. The Labute approximate surface area is 97.8 Å². The molecule has 86 valence electrons. The van der Waals surface area contributed by atoms with E-state index in [1.807, 2.05) is 11.8 Å². The normalized spacial score (nSPS) is 19.6. The average Bonchev–Trinajstić information content (AvgIpc) is 2.79. The molecule has 0 spiro atoms. The summed E-state index contributed by atoms with van der Waals surface area (Å²) in [4.78, 5) is 14.3. The highest BCUT2D eigenvalue weighted by Gasteiger charge is 2.18. The van der Waals surface area contributed by atoms with Crippen molar-refractivity contribution in [1.82, 2.24) is 4.98 Å². The van der Waals surface area contributed by atoms with E-state index >= 15 is 0 Å². The Morgan fingerprint density at radius 1 is 1.69 bits per heavy atom. The molecule has 1 saturated heterocycles. The molecule has 2 rings (SSSR count). The summed E-state index contributed by atoms with van der Waals surface area (Å²) in [7, 11) is 0. The van der Waals surface area contributed by atoms with Crippen molar-refractivity contribution < 1.29 is 4.92 Å². The van der Waals surface area contributed by atoms with Gasteiger partial charge in [-0.15, -0.1) is 0 Å². The van der Waals surface area contributed by atoms with Gasteiger partial charge in [-0.1, -0.05) is 0 Å². The monoisotopic (exact) mass is 239 g/mol. The van der Waals surface area contributed by atoms with Crippen molar-refractivity contribution in [2.75, 3.05) is 17.6 Å². The molecule has 1 atom stereocenters. The quantitative estimate of drug-likeness (QED) is 0.645. The van der Waals surface area contributed by atoms with Crippen molar-refractivity contribution in [2.24, 2.45) is 0 Å². The molecule has 0 radical (unpaired) electrons. The van der Waals surface area contributed by atoms with Crippen LogP contribution in [0.2, 0.25) is 0 Å². The highest BCUT2D eigenvalue weighted by molar-refractivity contribution is 8.00. The van der Waals surface area contributed by atoms with E-state index in [9.17, 15) is 10.1 Å². The summed E-state index contributed by atoms with van der Waals surface area (Å²) >= 11 is 1.92. The molecule has 1 aromatic heterocycles.